The Hall–Kier alpha value is -1.49. The molecule has 0 aromatic carbocycles. The van der Waals surface area contributed by atoms with E-state index >= 15 is 0 Å². The van der Waals surface area contributed by atoms with E-state index in [0.29, 0.717) is 5.92 Å². The summed E-state index contributed by atoms with van der Waals surface area (Å²) in [4.78, 5) is 3.99. The fourth-order valence-electron chi connectivity index (χ4n) is 1.40. The zero-order valence-corrected chi connectivity index (χ0v) is 9.01. The number of nitrogens with zero attached hydrogens (tertiary/aromatic N) is 4. The number of rotatable bonds is 4. The lowest BCUT2D eigenvalue weighted by atomic mass is 10.2. The number of hydrogen-bond donors (Lipinski definition) is 1. The summed E-state index contributed by atoms with van der Waals surface area (Å²) in [5.74, 6) is 1.57. The Morgan fingerprint density at radius 1 is 1.40 bits per heavy atom. The zero-order chi connectivity index (χ0) is 10.7. The van der Waals surface area contributed by atoms with Crippen molar-refractivity contribution in [2.24, 2.45) is 5.92 Å². The van der Waals surface area contributed by atoms with E-state index in [1.807, 2.05) is 10.6 Å². The van der Waals surface area contributed by atoms with Crippen molar-refractivity contribution in [2.45, 2.75) is 20.4 Å². The van der Waals surface area contributed by atoms with E-state index in [-0.39, 0.29) is 0 Å². The minimum Gasteiger partial charge on any atom is -0.310 e. The van der Waals surface area contributed by atoms with E-state index in [2.05, 4.69) is 34.3 Å². The highest BCUT2D eigenvalue weighted by Crippen LogP contribution is 2.00. The van der Waals surface area contributed by atoms with Gasteiger partial charge in [0.1, 0.15) is 0 Å². The average molecular weight is 205 g/mol. The molecular formula is C10H15N5. The molecule has 2 aromatic rings. The van der Waals surface area contributed by atoms with Crippen LogP contribution >= 0.6 is 0 Å². The molecule has 0 saturated carbocycles. The van der Waals surface area contributed by atoms with Gasteiger partial charge in [-0.05, 0) is 12.5 Å². The van der Waals surface area contributed by atoms with Crippen molar-refractivity contribution in [3.8, 4) is 0 Å². The van der Waals surface area contributed by atoms with Gasteiger partial charge in [-0.15, -0.1) is 10.2 Å². The van der Waals surface area contributed by atoms with E-state index in [1.54, 1.807) is 12.4 Å². The topological polar surface area (TPSA) is 55.1 Å². The molecule has 0 amide bonds. The summed E-state index contributed by atoms with van der Waals surface area (Å²) in [5, 5.41) is 11.5. The smallest absolute Gasteiger partial charge is 0.179 e. The molecule has 0 unspecified atom stereocenters. The first-order chi connectivity index (χ1) is 7.27. The highest BCUT2D eigenvalue weighted by atomic mass is 15.3. The lowest BCUT2D eigenvalue weighted by Crippen LogP contribution is -2.20. The van der Waals surface area contributed by atoms with Crippen LogP contribution in [0.5, 0.6) is 0 Å². The summed E-state index contributed by atoms with van der Waals surface area (Å²) < 4.78 is 1.94. The van der Waals surface area contributed by atoms with Crippen LogP contribution in [0.4, 0.5) is 0 Å². The van der Waals surface area contributed by atoms with Crippen LogP contribution in [0.15, 0.2) is 18.6 Å². The molecule has 2 aromatic heterocycles. The van der Waals surface area contributed by atoms with Crippen LogP contribution in [0.1, 0.15) is 19.7 Å². The van der Waals surface area contributed by atoms with Gasteiger partial charge >= 0.3 is 0 Å². The van der Waals surface area contributed by atoms with Gasteiger partial charge < -0.3 is 5.32 Å². The third-order valence-electron chi connectivity index (χ3n) is 2.12. The van der Waals surface area contributed by atoms with Crippen LogP contribution in [0.3, 0.4) is 0 Å². The molecule has 0 bridgehead atoms. The second kappa shape index (κ2) is 4.35. The molecule has 15 heavy (non-hydrogen) atoms. The summed E-state index contributed by atoms with van der Waals surface area (Å²) in [5.41, 5.74) is 0.791. The standard InChI is InChI=1S/C10H15N5/c1-8(2)5-12-7-10-14-13-9-6-11-3-4-15(9)10/h3-4,6,8,12H,5,7H2,1-2H3. The van der Waals surface area contributed by atoms with Crippen LogP contribution in [0.25, 0.3) is 5.65 Å². The average Bonchev–Trinajstić information content (AvgIpc) is 2.62. The van der Waals surface area contributed by atoms with E-state index < -0.39 is 0 Å². The van der Waals surface area contributed by atoms with Gasteiger partial charge in [0.05, 0.1) is 12.7 Å². The number of aromatic nitrogens is 4. The highest BCUT2D eigenvalue weighted by molar-refractivity contribution is 5.33. The minimum atomic E-state index is 0.644. The molecule has 0 aliphatic heterocycles. The normalized spacial score (nSPS) is 11.4. The molecule has 0 aliphatic carbocycles. The van der Waals surface area contributed by atoms with Crippen LogP contribution in [-0.4, -0.2) is 26.1 Å². The molecule has 1 N–H and O–H groups in total. The van der Waals surface area contributed by atoms with E-state index in [1.165, 1.54) is 0 Å². The van der Waals surface area contributed by atoms with E-state index in [4.69, 9.17) is 0 Å². The maximum atomic E-state index is 4.10. The van der Waals surface area contributed by atoms with Crippen LogP contribution < -0.4 is 5.32 Å². The zero-order valence-electron chi connectivity index (χ0n) is 9.01. The third-order valence-corrected chi connectivity index (χ3v) is 2.12. The molecular weight excluding hydrogens is 190 g/mol. The Balaban J connectivity index is 2.08. The third kappa shape index (κ3) is 2.30. The predicted molar refractivity (Wildman–Crippen MR) is 57.3 cm³/mol. The highest BCUT2D eigenvalue weighted by Gasteiger charge is 2.03. The molecule has 0 radical (unpaired) electrons. The first-order valence-electron chi connectivity index (χ1n) is 5.11. The van der Waals surface area contributed by atoms with Gasteiger partial charge in [-0.25, -0.2) is 0 Å². The van der Waals surface area contributed by atoms with Crippen molar-refractivity contribution in [3.05, 3.63) is 24.4 Å². The van der Waals surface area contributed by atoms with Gasteiger partial charge in [-0.3, -0.25) is 9.38 Å². The Labute approximate surface area is 88.6 Å². The lowest BCUT2D eigenvalue weighted by Gasteiger charge is -2.05. The number of fused-ring (bicyclic) bond motifs is 1. The number of hydrogen-bond acceptors (Lipinski definition) is 4. The van der Waals surface area contributed by atoms with Crippen molar-refractivity contribution in [2.75, 3.05) is 6.54 Å². The molecule has 0 spiro atoms. The van der Waals surface area contributed by atoms with Gasteiger partial charge in [0.25, 0.3) is 0 Å². The molecule has 0 atom stereocenters. The maximum absolute atomic E-state index is 4.10. The van der Waals surface area contributed by atoms with Gasteiger partial charge in [0.15, 0.2) is 11.5 Å². The quantitative estimate of drug-likeness (QED) is 0.804. The van der Waals surface area contributed by atoms with Crippen molar-refractivity contribution in [1.82, 2.24) is 24.9 Å². The van der Waals surface area contributed by atoms with Gasteiger partial charge in [0, 0.05) is 12.4 Å². The lowest BCUT2D eigenvalue weighted by molar-refractivity contribution is 0.541. The van der Waals surface area contributed by atoms with E-state index in [0.717, 1.165) is 24.6 Å². The molecule has 0 fully saturated rings. The van der Waals surface area contributed by atoms with Gasteiger partial charge in [0.2, 0.25) is 0 Å². The fraction of sp³-hybridized carbons (Fsp3) is 0.500. The van der Waals surface area contributed by atoms with Gasteiger partial charge in [-0.1, -0.05) is 13.8 Å². The summed E-state index contributed by atoms with van der Waals surface area (Å²) in [6.45, 7) is 6.08. The second-order valence-corrected chi connectivity index (χ2v) is 3.95. The first kappa shape index (κ1) is 10.0. The van der Waals surface area contributed by atoms with Gasteiger partial charge in [-0.2, -0.15) is 0 Å². The van der Waals surface area contributed by atoms with Crippen molar-refractivity contribution < 1.29 is 0 Å². The van der Waals surface area contributed by atoms with Crippen LogP contribution in [-0.2, 0) is 6.54 Å². The van der Waals surface area contributed by atoms with E-state index in [9.17, 15) is 0 Å². The van der Waals surface area contributed by atoms with Crippen molar-refractivity contribution in [3.63, 3.8) is 0 Å². The molecule has 2 rings (SSSR count). The summed E-state index contributed by atoms with van der Waals surface area (Å²) in [6, 6.07) is 0. The Morgan fingerprint density at radius 2 is 2.27 bits per heavy atom. The van der Waals surface area contributed by atoms with Crippen LogP contribution in [0.2, 0.25) is 0 Å². The Kier molecular flexibility index (Phi) is 2.91. The Bertz CT molecular complexity index is 434. The molecule has 0 aliphatic rings. The van der Waals surface area contributed by atoms with Crippen LogP contribution in [0, 0.1) is 5.92 Å². The minimum absolute atomic E-state index is 0.644. The fourth-order valence-corrected chi connectivity index (χ4v) is 1.40. The predicted octanol–water partition coefficient (Wildman–Crippen LogP) is 0.870. The molecule has 2 heterocycles. The second-order valence-electron chi connectivity index (χ2n) is 3.95. The Morgan fingerprint density at radius 3 is 3.07 bits per heavy atom. The number of nitrogens with one attached hydrogen (secondary N) is 1. The largest absolute Gasteiger partial charge is 0.310 e. The summed E-state index contributed by atoms with van der Waals surface area (Å²) in [7, 11) is 0. The summed E-state index contributed by atoms with van der Waals surface area (Å²) in [6.07, 6.45) is 5.32. The maximum Gasteiger partial charge on any atom is 0.179 e. The molecule has 5 nitrogen and oxygen atoms in total. The molecule has 80 valence electrons. The van der Waals surface area contributed by atoms with Crippen molar-refractivity contribution >= 4 is 5.65 Å². The first-order valence-corrected chi connectivity index (χ1v) is 5.11. The summed E-state index contributed by atoms with van der Waals surface area (Å²) >= 11 is 0. The SMILES string of the molecule is CC(C)CNCc1nnc2cnccn12. The molecule has 5 heteroatoms. The van der Waals surface area contributed by atoms with Crippen molar-refractivity contribution in [1.29, 1.82) is 0 Å². The monoisotopic (exact) mass is 205 g/mol. The molecule has 0 saturated heterocycles.